The van der Waals surface area contributed by atoms with Crippen molar-refractivity contribution in [3.8, 4) is 5.75 Å². The maximum Gasteiger partial charge on any atom is 0.311 e. The quantitative estimate of drug-likeness (QED) is 0.854. The minimum Gasteiger partial charge on any atom is -0.496 e. The second-order valence-corrected chi connectivity index (χ2v) is 7.36. The van der Waals surface area contributed by atoms with Gasteiger partial charge in [-0.3, -0.25) is 9.59 Å². The number of ether oxygens (including phenoxy) is 1. The zero-order valence-electron chi connectivity index (χ0n) is 15.0. The zero-order chi connectivity index (χ0) is 17.8. The van der Waals surface area contributed by atoms with Crippen LogP contribution in [0.15, 0.2) is 18.2 Å². The van der Waals surface area contributed by atoms with Gasteiger partial charge >= 0.3 is 11.8 Å². The molecule has 0 bridgehead atoms. The SMILES string of the molecule is COc1ccc(C2CCN(C(=O)C(N)=O)CC2)cc1CC1CCCC1. The summed E-state index contributed by atoms with van der Waals surface area (Å²) in [4.78, 5) is 24.3. The van der Waals surface area contributed by atoms with Crippen LogP contribution in [0.1, 0.15) is 55.6 Å². The first-order chi connectivity index (χ1) is 12.1. The number of nitrogens with two attached hydrogens (primary N) is 1. The molecule has 0 radical (unpaired) electrons. The number of methoxy groups -OCH3 is 1. The Morgan fingerprint density at radius 2 is 1.84 bits per heavy atom. The highest BCUT2D eigenvalue weighted by atomic mass is 16.5. The molecule has 0 spiro atoms. The minimum absolute atomic E-state index is 0.421. The maximum atomic E-state index is 11.7. The summed E-state index contributed by atoms with van der Waals surface area (Å²) in [7, 11) is 1.74. The molecule has 1 aromatic carbocycles. The molecule has 2 N–H and O–H groups in total. The summed E-state index contributed by atoms with van der Waals surface area (Å²) < 4.78 is 5.57. The summed E-state index contributed by atoms with van der Waals surface area (Å²) in [5, 5.41) is 0. The summed E-state index contributed by atoms with van der Waals surface area (Å²) in [6, 6.07) is 6.53. The Hall–Kier alpha value is -2.04. The zero-order valence-corrected chi connectivity index (χ0v) is 15.0. The Morgan fingerprint density at radius 1 is 1.16 bits per heavy atom. The molecule has 0 aromatic heterocycles. The van der Waals surface area contributed by atoms with Crippen LogP contribution in [0.5, 0.6) is 5.75 Å². The van der Waals surface area contributed by atoms with Crippen molar-refractivity contribution in [2.75, 3.05) is 20.2 Å². The minimum atomic E-state index is -0.859. The first-order valence-corrected chi connectivity index (χ1v) is 9.34. The van der Waals surface area contributed by atoms with E-state index >= 15 is 0 Å². The average Bonchev–Trinajstić information content (AvgIpc) is 3.14. The molecule has 2 amide bonds. The molecule has 1 aliphatic carbocycles. The number of rotatable bonds is 4. The van der Waals surface area contributed by atoms with E-state index in [1.54, 1.807) is 12.0 Å². The lowest BCUT2D eigenvalue weighted by molar-refractivity contribution is -0.144. The summed E-state index contributed by atoms with van der Waals surface area (Å²) in [5.41, 5.74) is 7.73. The molecule has 0 unspecified atom stereocenters. The Labute approximate surface area is 149 Å². The van der Waals surface area contributed by atoms with Gasteiger partial charge in [0.05, 0.1) is 7.11 Å². The molecule has 3 rings (SSSR count). The van der Waals surface area contributed by atoms with E-state index in [2.05, 4.69) is 18.2 Å². The van der Waals surface area contributed by atoms with Crippen LogP contribution in [0.3, 0.4) is 0 Å². The predicted octanol–water partition coefficient (Wildman–Crippen LogP) is 2.62. The van der Waals surface area contributed by atoms with E-state index in [0.717, 1.165) is 30.9 Å². The third-order valence-electron chi connectivity index (χ3n) is 5.75. The largest absolute Gasteiger partial charge is 0.496 e. The molecule has 1 saturated carbocycles. The van der Waals surface area contributed by atoms with Crippen molar-refractivity contribution in [2.45, 2.75) is 50.9 Å². The van der Waals surface area contributed by atoms with Crippen molar-refractivity contribution < 1.29 is 14.3 Å². The Kier molecular flexibility index (Phi) is 5.61. The van der Waals surface area contributed by atoms with Crippen molar-refractivity contribution in [1.29, 1.82) is 0 Å². The fourth-order valence-corrected chi connectivity index (χ4v) is 4.31. The van der Waals surface area contributed by atoms with Gasteiger partial charge in [0.15, 0.2) is 0 Å². The molecule has 0 atom stereocenters. The summed E-state index contributed by atoms with van der Waals surface area (Å²) in [5.74, 6) is 0.762. The lowest BCUT2D eigenvalue weighted by Crippen LogP contribution is -2.44. The predicted molar refractivity (Wildman–Crippen MR) is 96.4 cm³/mol. The highest BCUT2D eigenvalue weighted by Gasteiger charge is 2.27. The first-order valence-electron chi connectivity index (χ1n) is 9.34. The molecular formula is C20H28N2O3. The van der Waals surface area contributed by atoms with Gasteiger partial charge in [0.2, 0.25) is 0 Å². The standard InChI is InChI=1S/C20H28N2O3/c1-25-18-7-6-16(13-17(18)12-14-4-2-3-5-14)15-8-10-22(11-9-15)20(24)19(21)23/h6-7,13-15H,2-5,8-12H2,1H3,(H2,21,23). The fraction of sp³-hybridized carbons (Fsp3) is 0.600. The van der Waals surface area contributed by atoms with Gasteiger partial charge in [-0.1, -0.05) is 37.8 Å². The van der Waals surface area contributed by atoms with Crippen LogP contribution >= 0.6 is 0 Å². The van der Waals surface area contributed by atoms with Gasteiger partial charge in [-0.05, 0) is 48.3 Å². The van der Waals surface area contributed by atoms with E-state index in [-0.39, 0.29) is 0 Å². The normalized spacial score (nSPS) is 19.2. The molecule has 25 heavy (non-hydrogen) atoms. The lowest BCUT2D eigenvalue weighted by Gasteiger charge is -2.31. The van der Waals surface area contributed by atoms with Crippen LogP contribution < -0.4 is 10.5 Å². The van der Waals surface area contributed by atoms with Crippen LogP contribution in [0.2, 0.25) is 0 Å². The van der Waals surface area contributed by atoms with E-state index in [1.165, 1.54) is 36.8 Å². The van der Waals surface area contributed by atoms with Crippen LogP contribution in [-0.4, -0.2) is 36.9 Å². The van der Waals surface area contributed by atoms with Gasteiger partial charge in [-0.15, -0.1) is 0 Å². The second kappa shape index (κ2) is 7.89. The fourth-order valence-electron chi connectivity index (χ4n) is 4.31. The van der Waals surface area contributed by atoms with E-state index in [0.29, 0.717) is 19.0 Å². The number of carbonyl (C=O) groups is 2. The highest BCUT2D eigenvalue weighted by molar-refractivity contribution is 6.34. The Bertz CT molecular complexity index is 630. The number of primary amides is 1. The molecule has 1 heterocycles. The van der Waals surface area contributed by atoms with Crippen molar-refractivity contribution in [3.63, 3.8) is 0 Å². The van der Waals surface area contributed by atoms with Crippen molar-refractivity contribution >= 4 is 11.8 Å². The molecule has 5 nitrogen and oxygen atoms in total. The van der Waals surface area contributed by atoms with Gasteiger partial charge in [-0.25, -0.2) is 0 Å². The smallest absolute Gasteiger partial charge is 0.311 e. The molecule has 1 aliphatic heterocycles. The van der Waals surface area contributed by atoms with Crippen molar-refractivity contribution in [3.05, 3.63) is 29.3 Å². The van der Waals surface area contributed by atoms with Crippen molar-refractivity contribution in [1.82, 2.24) is 4.90 Å². The first kappa shape index (κ1) is 17.8. The molecule has 136 valence electrons. The van der Waals surface area contributed by atoms with Gasteiger partial charge in [0, 0.05) is 13.1 Å². The van der Waals surface area contributed by atoms with E-state index < -0.39 is 11.8 Å². The molecular weight excluding hydrogens is 316 g/mol. The van der Waals surface area contributed by atoms with Crippen molar-refractivity contribution in [2.24, 2.45) is 11.7 Å². The van der Waals surface area contributed by atoms with Gasteiger partial charge in [-0.2, -0.15) is 0 Å². The van der Waals surface area contributed by atoms with Crippen LogP contribution in [0, 0.1) is 5.92 Å². The molecule has 5 heteroatoms. The van der Waals surface area contributed by atoms with E-state index in [9.17, 15) is 9.59 Å². The number of piperidine rings is 1. The topological polar surface area (TPSA) is 72.6 Å². The number of likely N-dealkylation sites (tertiary alicyclic amines) is 1. The monoisotopic (exact) mass is 344 g/mol. The number of carbonyl (C=O) groups excluding carboxylic acids is 2. The average molecular weight is 344 g/mol. The highest BCUT2D eigenvalue weighted by Crippen LogP contribution is 2.35. The maximum absolute atomic E-state index is 11.7. The second-order valence-electron chi connectivity index (χ2n) is 7.36. The number of nitrogens with zero attached hydrogens (tertiary/aromatic N) is 1. The number of amides is 2. The molecule has 2 aliphatic rings. The summed E-state index contributed by atoms with van der Waals surface area (Å²) in [6.07, 6.45) is 8.17. The molecule has 2 fully saturated rings. The Balaban J connectivity index is 1.68. The van der Waals surface area contributed by atoms with Gasteiger partial charge in [0.1, 0.15) is 5.75 Å². The molecule has 1 aromatic rings. The Morgan fingerprint density at radius 3 is 2.44 bits per heavy atom. The van der Waals surface area contributed by atoms with Crippen LogP contribution in [0.25, 0.3) is 0 Å². The van der Waals surface area contributed by atoms with Gasteiger partial charge in [0.25, 0.3) is 0 Å². The summed E-state index contributed by atoms with van der Waals surface area (Å²) in [6.45, 7) is 1.19. The van der Waals surface area contributed by atoms with E-state index in [1.807, 2.05) is 0 Å². The number of hydrogen-bond acceptors (Lipinski definition) is 3. The van der Waals surface area contributed by atoms with Crippen LogP contribution in [-0.2, 0) is 16.0 Å². The third-order valence-corrected chi connectivity index (χ3v) is 5.75. The summed E-state index contributed by atoms with van der Waals surface area (Å²) >= 11 is 0. The third kappa shape index (κ3) is 4.14. The van der Waals surface area contributed by atoms with E-state index in [4.69, 9.17) is 10.5 Å². The lowest BCUT2D eigenvalue weighted by atomic mass is 9.87. The van der Waals surface area contributed by atoms with Gasteiger partial charge < -0.3 is 15.4 Å². The number of hydrogen-bond donors (Lipinski definition) is 1. The van der Waals surface area contributed by atoms with Crippen LogP contribution in [0.4, 0.5) is 0 Å². The molecule has 1 saturated heterocycles. The number of benzene rings is 1.